The first-order valence-corrected chi connectivity index (χ1v) is 16.6. The lowest BCUT2D eigenvalue weighted by Crippen LogP contribution is -2.31. The number of nitrogens with one attached hydrogen (secondary N) is 3. The normalized spacial score (nSPS) is 12.9. The molecule has 1 fully saturated rings. The molecule has 11 nitrogen and oxygen atoms in total. The summed E-state index contributed by atoms with van der Waals surface area (Å²) in [6.07, 6.45) is 3.36. The van der Waals surface area contributed by atoms with E-state index in [1.54, 1.807) is 53.1 Å². The number of fused-ring (bicyclic) bond motifs is 1. The Balaban J connectivity index is 1.38. The van der Waals surface area contributed by atoms with Gasteiger partial charge >= 0.3 is 12.1 Å². The lowest BCUT2D eigenvalue weighted by molar-refractivity contribution is 0.149. The van der Waals surface area contributed by atoms with E-state index in [1.807, 2.05) is 30.7 Å². The highest BCUT2D eigenvalue weighted by Gasteiger charge is 2.24. The lowest BCUT2D eigenvalue weighted by atomic mass is 10.0. The van der Waals surface area contributed by atoms with E-state index in [1.165, 1.54) is 6.07 Å². The number of carbonyl (C=O) groups excluding carboxylic acids is 2. The van der Waals surface area contributed by atoms with Gasteiger partial charge in [-0.05, 0) is 61.1 Å². The highest BCUT2D eigenvalue weighted by atomic mass is 32.2. The molecule has 0 unspecified atom stereocenters. The van der Waals surface area contributed by atoms with Crippen molar-refractivity contribution in [2.45, 2.75) is 57.4 Å². The van der Waals surface area contributed by atoms with Crippen LogP contribution in [0.1, 0.15) is 50.9 Å². The zero-order valence-electron chi connectivity index (χ0n) is 25.3. The molecule has 0 aliphatic heterocycles. The monoisotopic (exact) mass is 631 g/mol. The van der Waals surface area contributed by atoms with Crippen molar-refractivity contribution >= 4 is 38.7 Å². The van der Waals surface area contributed by atoms with Gasteiger partial charge in [-0.1, -0.05) is 62.2 Å². The molecule has 236 valence electrons. The van der Waals surface area contributed by atoms with E-state index in [0.717, 1.165) is 31.2 Å². The van der Waals surface area contributed by atoms with Gasteiger partial charge in [0, 0.05) is 24.2 Å². The van der Waals surface area contributed by atoms with Gasteiger partial charge in [-0.25, -0.2) is 27.7 Å². The van der Waals surface area contributed by atoms with E-state index >= 15 is 0 Å². The number of urea groups is 1. The van der Waals surface area contributed by atoms with Gasteiger partial charge in [0.15, 0.2) is 0 Å². The van der Waals surface area contributed by atoms with Crippen LogP contribution in [0, 0.1) is 5.92 Å². The summed E-state index contributed by atoms with van der Waals surface area (Å²) in [5.74, 6) is 1.21. The minimum atomic E-state index is -4.19. The number of anilines is 1. The Bertz CT molecular complexity index is 1870. The number of carbonyl (C=O) groups is 2. The number of ether oxygens (including phenoxy) is 1. The number of hydrogen-bond acceptors (Lipinski definition) is 7. The van der Waals surface area contributed by atoms with Crippen molar-refractivity contribution in [3.05, 3.63) is 88.5 Å². The van der Waals surface area contributed by atoms with Crippen LogP contribution >= 0.6 is 0 Å². The van der Waals surface area contributed by atoms with Crippen molar-refractivity contribution in [2.24, 2.45) is 5.92 Å². The van der Waals surface area contributed by atoms with Gasteiger partial charge in [-0.3, -0.25) is 9.36 Å². The molecule has 3 amide bonds. The topological polar surface area (TPSA) is 148 Å². The second-order valence-electron chi connectivity index (χ2n) is 11.1. The molecule has 1 heterocycles. The van der Waals surface area contributed by atoms with E-state index < -0.39 is 16.1 Å². The Morgan fingerprint density at radius 2 is 1.78 bits per heavy atom. The van der Waals surface area contributed by atoms with Crippen LogP contribution < -0.4 is 20.9 Å². The molecule has 1 aliphatic rings. The Morgan fingerprint density at radius 1 is 1.02 bits per heavy atom. The highest BCUT2D eigenvalue weighted by molar-refractivity contribution is 7.90. The standard InChI is InChI=1S/C33H37N5O6S/c1-3-7-30-36-28-17-16-25(35-32(40)34-4-2)20-27(28)31(39)38(30)21-23-12-14-24(15-13-23)26-8-5-6-9-29(26)45(42,43)37-33(41)44-19-18-22-10-11-22/h5-6,8-9,12-17,20,22H,3-4,7,10-11,18-19,21H2,1-2H3,(H,37,41)(H2,34,35,40). The molecule has 0 spiro atoms. The molecule has 3 aromatic carbocycles. The van der Waals surface area contributed by atoms with Gasteiger partial charge in [0.05, 0.1) is 29.0 Å². The molecule has 4 aromatic rings. The second kappa shape index (κ2) is 13.9. The molecule has 0 bridgehead atoms. The zero-order valence-corrected chi connectivity index (χ0v) is 26.2. The largest absolute Gasteiger partial charge is 0.449 e. The van der Waals surface area contributed by atoms with Gasteiger partial charge < -0.3 is 15.4 Å². The van der Waals surface area contributed by atoms with E-state index in [4.69, 9.17) is 9.72 Å². The van der Waals surface area contributed by atoms with Gasteiger partial charge in [0.1, 0.15) is 5.82 Å². The van der Waals surface area contributed by atoms with Crippen molar-refractivity contribution < 1.29 is 22.7 Å². The molecule has 3 N–H and O–H groups in total. The van der Waals surface area contributed by atoms with Crippen LogP contribution in [0.5, 0.6) is 0 Å². The number of rotatable bonds is 12. The predicted octanol–water partition coefficient (Wildman–Crippen LogP) is 5.42. The smallest absolute Gasteiger partial charge is 0.421 e. The summed E-state index contributed by atoms with van der Waals surface area (Å²) < 4.78 is 35.0. The molecule has 1 aromatic heterocycles. The predicted molar refractivity (Wildman–Crippen MR) is 173 cm³/mol. The lowest BCUT2D eigenvalue weighted by Gasteiger charge is -2.15. The van der Waals surface area contributed by atoms with Crippen molar-refractivity contribution in [3.8, 4) is 11.1 Å². The molecule has 1 saturated carbocycles. The fraction of sp³-hybridized carbons (Fsp3) is 0.333. The van der Waals surface area contributed by atoms with E-state index in [9.17, 15) is 22.8 Å². The van der Waals surface area contributed by atoms with Crippen molar-refractivity contribution in [1.29, 1.82) is 0 Å². The van der Waals surface area contributed by atoms with Crippen molar-refractivity contribution in [3.63, 3.8) is 0 Å². The number of sulfonamides is 1. The van der Waals surface area contributed by atoms with Crippen LogP contribution in [0.25, 0.3) is 22.0 Å². The van der Waals surface area contributed by atoms with Gasteiger partial charge in [0.25, 0.3) is 15.6 Å². The molecule has 0 atom stereocenters. The molecule has 45 heavy (non-hydrogen) atoms. The van der Waals surface area contributed by atoms with Crippen LogP contribution in [-0.4, -0.2) is 43.2 Å². The maximum absolute atomic E-state index is 13.7. The summed E-state index contributed by atoms with van der Waals surface area (Å²) in [6.45, 7) is 4.74. The quantitative estimate of drug-likeness (QED) is 0.189. The fourth-order valence-corrected chi connectivity index (χ4v) is 6.21. The molecule has 0 saturated heterocycles. The average Bonchev–Trinajstić information content (AvgIpc) is 3.84. The molecular weight excluding hydrogens is 594 g/mol. The van der Waals surface area contributed by atoms with E-state index in [-0.39, 0.29) is 29.6 Å². The summed E-state index contributed by atoms with van der Waals surface area (Å²) in [6, 6.07) is 18.4. The fourth-order valence-electron chi connectivity index (χ4n) is 5.09. The third-order valence-electron chi connectivity index (χ3n) is 7.56. The molecule has 12 heteroatoms. The number of benzene rings is 3. The Hall–Kier alpha value is -4.71. The van der Waals surface area contributed by atoms with Crippen molar-refractivity contribution in [1.82, 2.24) is 19.6 Å². The first-order chi connectivity index (χ1) is 21.7. The number of amides is 3. The number of aromatic nitrogens is 2. The van der Waals surface area contributed by atoms with Crippen LogP contribution in [0.15, 0.2) is 76.4 Å². The summed E-state index contributed by atoms with van der Waals surface area (Å²) >= 11 is 0. The first kappa shape index (κ1) is 31.7. The minimum absolute atomic E-state index is 0.0471. The molecule has 1 aliphatic carbocycles. The number of hydrogen-bond donors (Lipinski definition) is 3. The van der Waals surface area contributed by atoms with Crippen LogP contribution in [0.2, 0.25) is 0 Å². The highest BCUT2D eigenvalue weighted by Crippen LogP contribution is 2.32. The first-order valence-electron chi connectivity index (χ1n) is 15.1. The number of aryl methyl sites for hydroxylation is 1. The Kier molecular flexibility index (Phi) is 9.82. The third-order valence-corrected chi connectivity index (χ3v) is 8.93. The van der Waals surface area contributed by atoms with E-state index in [2.05, 4.69) is 10.6 Å². The summed E-state index contributed by atoms with van der Waals surface area (Å²) in [7, 11) is -4.19. The van der Waals surface area contributed by atoms with E-state index in [0.29, 0.717) is 52.4 Å². The Morgan fingerprint density at radius 3 is 2.49 bits per heavy atom. The third kappa shape index (κ3) is 7.88. The maximum Gasteiger partial charge on any atom is 0.421 e. The maximum atomic E-state index is 13.7. The van der Waals surface area contributed by atoms with Gasteiger partial charge in [0.2, 0.25) is 0 Å². The number of nitrogens with zero attached hydrogens (tertiary/aromatic N) is 2. The summed E-state index contributed by atoms with van der Waals surface area (Å²) in [5, 5.41) is 5.79. The van der Waals surface area contributed by atoms with Crippen LogP contribution in [0.3, 0.4) is 0 Å². The average molecular weight is 632 g/mol. The Labute approximate surface area is 262 Å². The van der Waals surface area contributed by atoms with Gasteiger partial charge in [-0.15, -0.1) is 0 Å². The molecule has 0 radical (unpaired) electrons. The molecule has 5 rings (SSSR count). The second-order valence-corrected chi connectivity index (χ2v) is 12.7. The SMILES string of the molecule is CCCc1nc2ccc(NC(=O)NCC)cc2c(=O)n1Cc1ccc(-c2ccccc2S(=O)(=O)NC(=O)OCCC2CC2)cc1. The van der Waals surface area contributed by atoms with Crippen LogP contribution in [0.4, 0.5) is 15.3 Å². The minimum Gasteiger partial charge on any atom is -0.449 e. The zero-order chi connectivity index (χ0) is 32.0. The summed E-state index contributed by atoms with van der Waals surface area (Å²) in [5.41, 5.74) is 2.68. The summed E-state index contributed by atoms with van der Waals surface area (Å²) in [4.78, 5) is 42.6. The molecular formula is C33H37N5O6S. The van der Waals surface area contributed by atoms with Crippen molar-refractivity contribution in [2.75, 3.05) is 18.5 Å². The van der Waals surface area contributed by atoms with Crippen LogP contribution in [-0.2, 0) is 27.7 Å². The van der Waals surface area contributed by atoms with Gasteiger partial charge in [-0.2, -0.15) is 0 Å².